The molecule has 0 radical (unpaired) electrons. The number of piperidine rings is 1. The minimum Gasteiger partial charge on any atom is -0.287 e. The van der Waals surface area contributed by atoms with Crippen LogP contribution in [-0.2, 0) is 14.3 Å². The van der Waals surface area contributed by atoms with Crippen molar-refractivity contribution in [1.29, 1.82) is 0 Å². The number of hydrogen-bond donors (Lipinski definition) is 0. The van der Waals surface area contributed by atoms with Crippen LogP contribution in [0.2, 0.25) is 0 Å². The molecule has 0 aromatic heterocycles. The molecule has 0 aliphatic carbocycles. The van der Waals surface area contributed by atoms with E-state index in [0.717, 1.165) is 31.5 Å². The Morgan fingerprint density at radius 1 is 1.22 bits per heavy atom. The van der Waals surface area contributed by atoms with Crippen LogP contribution in [-0.4, -0.2) is 32.3 Å². The molecular formula is C12H18NO3PS. The molecule has 1 unspecified atom stereocenters. The predicted molar refractivity (Wildman–Crippen MR) is 73.8 cm³/mol. The van der Waals surface area contributed by atoms with E-state index in [1.54, 1.807) is 24.3 Å². The summed E-state index contributed by atoms with van der Waals surface area (Å²) in [6.07, 6.45) is 1.29. The minimum atomic E-state index is -3.62. The molecule has 0 bridgehead atoms. The fourth-order valence-corrected chi connectivity index (χ4v) is 3.34. The van der Waals surface area contributed by atoms with E-state index in [2.05, 4.69) is 14.1 Å². The van der Waals surface area contributed by atoms with Gasteiger partial charge in [-0.15, -0.1) is 0 Å². The van der Waals surface area contributed by atoms with Crippen molar-refractivity contribution < 1.29 is 12.6 Å². The quantitative estimate of drug-likeness (QED) is 0.630. The Morgan fingerprint density at radius 2 is 1.78 bits per heavy atom. The highest BCUT2D eigenvalue weighted by atomic mass is 32.2. The summed E-state index contributed by atoms with van der Waals surface area (Å²) in [7, 11) is -0.990. The van der Waals surface area contributed by atoms with Crippen molar-refractivity contribution in [2.45, 2.75) is 30.8 Å². The molecule has 0 amide bonds. The van der Waals surface area contributed by atoms with Crippen LogP contribution < -0.4 is 0 Å². The van der Waals surface area contributed by atoms with E-state index in [9.17, 15) is 8.42 Å². The molecular weight excluding hydrogens is 269 g/mol. The highest BCUT2D eigenvalue weighted by Crippen LogP contribution is 2.21. The Kier molecular flexibility index (Phi) is 4.38. The maximum Gasteiger partial charge on any atom is 0.297 e. The van der Waals surface area contributed by atoms with E-state index in [0.29, 0.717) is 0 Å². The predicted octanol–water partition coefficient (Wildman–Crippen LogP) is 1.95. The SMILES string of the molecule is Cc1ccc(S(=O)(=O)OC2CCN(P)CC2)cc1. The third kappa shape index (κ3) is 3.51. The first-order valence-electron chi connectivity index (χ1n) is 5.97. The highest BCUT2D eigenvalue weighted by molar-refractivity contribution is 7.86. The molecule has 100 valence electrons. The van der Waals surface area contributed by atoms with Crippen LogP contribution in [0.25, 0.3) is 0 Å². The maximum atomic E-state index is 12.1. The van der Waals surface area contributed by atoms with Gasteiger partial charge in [0.05, 0.1) is 11.0 Å². The first kappa shape index (κ1) is 13.9. The molecule has 4 nitrogen and oxygen atoms in total. The van der Waals surface area contributed by atoms with Gasteiger partial charge in [0, 0.05) is 13.1 Å². The third-order valence-electron chi connectivity index (χ3n) is 3.05. The van der Waals surface area contributed by atoms with Crippen LogP contribution in [0, 0.1) is 6.92 Å². The van der Waals surface area contributed by atoms with Crippen molar-refractivity contribution in [2.75, 3.05) is 13.1 Å². The second-order valence-electron chi connectivity index (χ2n) is 4.60. The normalized spacial score (nSPS) is 19.0. The maximum absolute atomic E-state index is 12.1. The van der Waals surface area contributed by atoms with Crippen molar-refractivity contribution in [1.82, 2.24) is 4.67 Å². The lowest BCUT2D eigenvalue weighted by Crippen LogP contribution is -2.32. The Bertz CT molecular complexity index is 493. The summed E-state index contributed by atoms with van der Waals surface area (Å²) in [5, 5.41) is 0. The largest absolute Gasteiger partial charge is 0.297 e. The summed E-state index contributed by atoms with van der Waals surface area (Å²) in [4.78, 5) is 0.237. The van der Waals surface area contributed by atoms with E-state index < -0.39 is 10.1 Å². The molecule has 0 N–H and O–H groups in total. The highest BCUT2D eigenvalue weighted by Gasteiger charge is 2.24. The van der Waals surface area contributed by atoms with E-state index in [1.807, 2.05) is 6.92 Å². The van der Waals surface area contributed by atoms with E-state index >= 15 is 0 Å². The first-order chi connectivity index (χ1) is 8.47. The zero-order chi connectivity index (χ0) is 13.2. The smallest absolute Gasteiger partial charge is 0.287 e. The van der Waals surface area contributed by atoms with E-state index in [-0.39, 0.29) is 11.0 Å². The Morgan fingerprint density at radius 3 is 2.33 bits per heavy atom. The van der Waals surface area contributed by atoms with Crippen LogP contribution in [0.5, 0.6) is 0 Å². The summed E-state index contributed by atoms with van der Waals surface area (Å²) in [6.45, 7) is 3.61. The number of rotatable bonds is 3. The second kappa shape index (κ2) is 5.66. The van der Waals surface area contributed by atoms with Crippen LogP contribution in [0.15, 0.2) is 29.2 Å². The first-order valence-corrected chi connectivity index (χ1v) is 7.89. The average molecular weight is 287 g/mol. The van der Waals surface area contributed by atoms with Gasteiger partial charge in [-0.25, -0.2) is 0 Å². The Hall–Kier alpha value is -0.480. The zero-order valence-corrected chi connectivity index (χ0v) is 12.3. The number of benzene rings is 1. The number of nitrogens with zero attached hydrogens (tertiary/aromatic N) is 1. The van der Waals surface area contributed by atoms with Gasteiger partial charge in [0.25, 0.3) is 10.1 Å². The lowest BCUT2D eigenvalue weighted by Gasteiger charge is -2.28. The number of aryl methyl sites for hydroxylation is 1. The van der Waals surface area contributed by atoms with Gasteiger partial charge >= 0.3 is 0 Å². The molecule has 1 aliphatic heterocycles. The standard InChI is InChI=1S/C12H18NO3PS/c1-10-2-4-12(5-3-10)18(14,15)16-11-6-8-13(17)9-7-11/h2-5,11H,6-9,17H2,1H3. The Balaban J connectivity index is 2.05. The molecule has 1 fully saturated rings. The van der Waals surface area contributed by atoms with Crippen LogP contribution in [0.4, 0.5) is 0 Å². The van der Waals surface area contributed by atoms with Gasteiger partial charge in [0.15, 0.2) is 0 Å². The monoisotopic (exact) mass is 287 g/mol. The summed E-state index contributed by atoms with van der Waals surface area (Å²) >= 11 is 0. The van der Waals surface area contributed by atoms with Gasteiger partial charge in [-0.2, -0.15) is 8.42 Å². The number of hydrogen-bond acceptors (Lipinski definition) is 4. The molecule has 1 aromatic carbocycles. The lowest BCUT2D eigenvalue weighted by atomic mass is 10.1. The van der Waals surface area contributed by atoms with Crippen molar-refractivity contribution >= 4 is 19.5 Å². The third-order valence-corrected chi connectivity index (χ3v) is 4.94. The van der Waals surface area contributed by atoms with Crippen LogP contribution in [0.1, 0.15) is 18.4 Å². The summed E-state index contributed by atoms with van der Waals surface area (Å²) in [5.74, 6) is 0. The van der Waals surface area contributed by atoms with Crippen LogP contribution in [0.3, 0.4) is 0 Å². The molecule has 2 rings (SSSR count). The van der Waals surface area contributed by atoms with E-state index in [1.165, 1.54) is 0 Å². The van der Waals surface area contributed by atoms with Gasteiger partial charge in [-0.3, -0.25) is 8.85 Å². The molecule has 1 aromatic rings. The van der Waals surface area contributed by atoms with Crippen molar-refractivity contribution in [3.05, 3.63) is 29.8 Å². The molecule has 0 saturated carbocycles. The Labute approximate surface area is 111 Å². The molecule has 0 spiro atoms. The molecule has 1 aliphatic rings. The molecule has 1 atom stereocenters. The molecule has 18 heavy (non-hydrogen) atoms. The molecule has 1 saturated heterocycles. The van der Waals surface area contributed by atoms with Gasteiger partial charge < -0.3 is 0 Å². The van der Waals surface area contributed by atoms with Gasteiger partial charge in [-0.05, 0) is 31.9 Å². The topological polar surface area (TPSA) is 46.6 Å². The van der Waals surface area contributed by atoms with Gasteiger partial charge in [0.2, 0.25) is 0 Å². The van der Waals surface area contributed by atoms with Crippen LogP contribution >= 0.6 is 9.39 Å². The lowest BCUT2D eigenvalue weighted by molar-refractivity contribution is 0.145. The fraction of sp³-hybridized carbons (Fsp3) is 0.500. The minimum absolute atomic E-state index is 0.201. The summed E-state index contributed by atoms with van der Waals surface area (Å²) in [6, 6.07) is 6.74. The van der Waals surface area contributed by atoms with Crippen molar-refractivity contribution in [3.63, 3.8) is 0 Å². The van der Waals surface area contributed by atoms with E-state index in [4.69, 9.17) is 4.18 Å². The average Bonchev–Trinajstić information content (AvgIpc) is 2.32. The summed E-state index contributed by atoms with van der Waals surface area (Å²) < 4.78 is 31.5. The fourth-order valence-electron chi connectivity index (χ4n) is 1.91. The zero-order valence-electron chi connectivity index (χ0n) is 10.4. The summed E-state index contributed by atoms with van der Waals surface area (Å²) in [5.41, 5.74) is 1.03. The second-order valence-corrected chi connectivity index (χ2v) is 6.90. The molecule has 1 heterocycles. The molecule has 6 heteroatoms. The van der Waals surface area contributed by atoms with Crippen molar-refractivity contribution in [3.8, 4) is 0 Å². The van der Waals surface area contributed by atoms with Crippen molar-refractivity contribution in [2.24, 2.45) is 0 Å². The van der Waals surface area contributed by atoms with Gasteiger partial charge in [-0.1, -0.05) is 27.1 Å². The van der Waals surface area contributed by atoms with Gasteiger partial charge in [0.1, 0.15) is 0 Å².